The quantitative estimate of drug-likeness (QED) is 0.526. The van der Waals surface area contributed by atoms with Crippen molar-refractivity contribution in [2.45, 2.75) is 12.5 Å². The molecule has 0 bridgehead atoms. The molecule has 3 aromatic rings. The average molecular weight is 398 g/mol. The van der Waals surface area contributed by atoms with Gasteiger partial charge in [-0.1, -0.05) is 6.58 Å². The van der Waals surface area contributed by atoms with Crippen molar-refractivity contribution < 1.29 is 23.5 Å². The molecule has 0 aliphatic carbocycles. The number of hydrogen-bond acceptors (Lipinski definition) is 5. The molecule has 1 saturated heterocycles. The maximum Gasteiger partial charge on any atom is 0.282 e. The third-order valence-corrected chi connectivity index (χ3v) is 4.98. The zero-order valence-corrected chi connectivity index (χ0v) is 15.2. The number of nitrogens with zero attached hydrogens (tertiary/aromatic N) is 4. The maximum atomic E-state index is 14.6. The van der Waals surface area contributed by atoms with Gasteiger partial charge in [-0.25, -0.2) is 18.4 Å². The van der Waals surface area contributed by atoms with Gasteiger partial charge < -0.3 is 10.0 Å². The highest BCUT2D eigenvalue weighted by molar-refractivity contribution is 5.92. The average Bonchev–Trinajstić information content (AvgIpc) is 3.05. The lowest BCUT2D eigenvalue weighted by atomic mass is 9.93. The Morgan fingerprint density at radius 3 is 2.72 bits per heavy atom. The summed E-state index contributed by atoms with van der Waals surface area (Å²) in [5.74, 6) is -2.69. The lowest BCUT2D eigenvalue weighted by Gasteiger charge is -2.38. The molecule has 1 fully saturated rings. The minimum absolute atomic E-state index is 0.0961. The standard InChI is InChI=1S/C20H16F2N4O3/c1-11(21)20(29)25-7-14(8-25)18-17-13(10-28)4-5-23-19(17)26(24-18)16-3-2-12(9-27)6-15(16)22/h2-6,9,14,28H,1,7-8,10H2. The molecule has 0 radical (unpaired) electrons. The molecular weight excluding hydrogens is 382 g/mol. The van der Waals surface area contributed by atoms with Crippen LogP contribution in [0, 0.1) is 5.82 Å². The van der Waals surface area contributed by atoms with Gasteiger partial charge in [-0.05, 0) is 29.8 Å². The number of carbonyl (C=O) groups is 2. The minimum atomic E-state index is -1.03. The first-order valence-corrected chi connectivity index (χ1v) is 8.80. The van der Waals surface area contributed by atoms with Crippen molar-refractivity contribution in [3.8, 4) is 5.69 Å². The summed E-state index contributed by atoms with van der Waals surface area (Å²) in [6.07, 6.45) is 2.03. The van der Waals surface area contributed by atoms with E-state index in [0.717, 1.165) is 6.07 Å². The zero-order chi connectivity index (χ0) is 20.7. The van der Waals surface area contributed by atoms with E-state index < -0.39 is 17.6 Å². The lowest BCUT2D eigenvalue weighted by molar-refractivity contribution is -0.133. The molecule has 0 unspecified atom stereocenters. The molecule has 2 aromatic heterocycles. The molecule has 29 heavy (non-hydrogen) atoms. The highest BCUT2D eigenvalue weighted by Gasteiger charge is 2.36. The van der Waals surface area contributed by atoms with Crippen LogP contribution in [0.4, 0.5) is 8.78 Å². The van der Waals surface area contributed by atoms with E-state index >= 15 is 0 Å². The lowest BCUT2D eigenvalue weighted by Crippen LogP contribution is -2.48. The smallest absolute Gasteiger partial charge is 0.282 e. The Morgan fingerprint density at radius 1 is 1.34 bits per heavy atom. The Morgan fingerprint density at radius 2 is 2.10 bits per heavy atom. The van der Waals surface area contributed by atoms with Gasteiger partial charge in [0, 0.05) is 36.2 Å². The van der Waals surface area contributed by atoms with Gasteiger partial charge in [0.05, 0.1) is 12.3 Å². The van der Waals surface area contributed by atoms with Crippen molar-refractivity contribution in [3.05, 3.63) is 65.5 Å². The Bertz CT molecular complexity index is 1150. The van der Waals surface area contributed by atoms with Crippen molar-refractivity contribution in [2.24, 2.45) is 0 Å². The summed E-state index contributed by atoms with van der Waals surface area (Å²) >= 11 is 0. The fourth-order valence-corrected chi connectivity index (χ4v) is 3.48. The van der Waals surface area contributed by atoms with Crippen LogP contribution in [0.25, 0.3) is 16.7 Å². The fraction of sp³-hybridized carbons (Fsp3) is 0.200. The number of likely N-dealkylation sites (tertiary alicyclic amines) is 1. The summed E-state index contributed by atoms with van der Waals surface area (Å²) in [4.78, 5) is 28.2. The number of carbonyl (C=O) groups excluding carboxylic acids is 2. The van der Waals surface area contributed by atoms with E-state index in [1.165, 1.54) is 27.9 Å². The van der Waals surface area contributed by atoms with Gasteiger partial charge in [-0.3, -0.25) is 9.59 Å². The van der Waals surface area contributed by atoms with Crippen LogP contribution in [0.3, 0.4) is 0 Å². The number of aliphatic hydroxyl groups is 1. The number of aldehydes is 1. The summed E-state index contributed by atoms with van der Waals surface area (Å²) in [7, 11) is 0. The van der Waals surface area contributed by atoms with E-state index in [1.807, 2.05) is 0 Å². The van der Waals surface area contributed by atoms with Crippen LogP contribution in [-0.4, -0.2) is 50.1 Å². The van der Waals surface area contributed by atoms with Crippen molar-refractivity contribution in [1.29, 1.82) is 0 Å². The molecule has 1 N–H and O–H groups in total. The first kappa shape index (κ1) is 18.9. The van der Waals surface area contributed by atoms with Gasteiger partial charge >= 0.3 is 0 Å². The van der Waals surface area contributed by atoms with Gasteiger partial charge in [0.25, 0.3) is 5.91 Å². The summed E-state index contributed by atoms with van der Waals surface area (Å²) in [5.41, 5.74) is 1.71. The predicted molar refractivity (Wildman–Crippen MR) is 99.7 cm³/mol. The monoisotopic (exact) mass is 398 g/mol. The Hall–Kier alpha value is -3.46. The fourth-order valence-electron chi connectivity index (χ4n) is 3.48. The number of aliphatic hydroxyl groups excluding tert-OH is 1. The normalized spacial score (nSPS) is 14.1. The number of rotatable bonds is 5. The van der Waals surface area contributed by atoms with E-state index in [0.29, 0.717) is 28.6 Å². The van der Waals surface area contributed by atoms with Crippen molar-refractivity contribution >= 4 is 23.2 Å². The predicted octanol–water partition coefficient (Wildman–Crippen LogP) is 2.27. The number of aromatic nitrogens is 3. The number of hydrogen-bond donors (Lipinski definition) is 1. The Balaban J connectivity index is 1.81. The van der Waals surface area contributed by atoms with Crippen LogP contribution in [0.1, 0.15) is 27.5 Å². The number of fused-ring (bicyclic) bond motifs is 1. The van der Waals surface area contributed by atoms with Gasteiger partial charge in [0.15, 0.2) is 11.5 Å². The first-order valence-electron chi connectivity index (χ1n) is 8.80. The zero-order valence-electron chi connectivity index (χ0n) is 15.2. The second kappa shape index (κ2) is 7.17. The molecular formula is C20H16F2N4O3. The summed E-state index contributed by atoms with van der Waals surface area (Å²) in [6, 6.07) is 5.62. The molecule has 1 amide bonds. The van der Waals surface area contributed by atoms with Crippen LogP contribution >= 0.6 is 0 Å². The minimum Gasteiger partial charge on any atom is -0.392 e. The highest BCUT2D eigenvalue weighted by Crippen LogP contribution is 2.35. The van der Waals surface area contributed by atoms with E-state index in [1.54, 1.807) is 6.07 Å². The topological polar surface area (TPSA) is 88.3 Å². The van der Waals surface area contributed by atoms with Gasteiger partial charge in [0.2, 0.25) is 0 Å². The summed E-state index contributed by atoms with van der Waals surface area (Å²) in [6.45, 7) is 3.18. The molecule has 1 aliphatic heterocycles. The van der Waals surface area contributed by atoms with Gasteiger partial charge in [0.1, 0.15) is 17.8 Å². The number of benzene rings is 1. The van der Waals surface area contributed by atoms with Crippen LogP contribution in [0.15, 0.2) is 42.9 Å². The van der Waals surface area contributed by atoms with Crippen LogP contribution < -0.4 is 0 Å². The van der Waals surface area contributed by atoms with E-state index in [4.69, 9.17) is 0 Å². The molecule has 9 heteroatoms. The van der Waals surface area contributed by atoms with Gasteiger partial charge in [-0.2, -0.15) is 5.10 Å². The number of pyridine rings is 1. The Kier molecular flexibility index (Phi) is 4.67. The molecule has 0 spiro atoms. The molecule has 0 atom stereocenters. The number of amides is 1. The number of halogens is 2. The Labute approximate surface area is 163 Å². The second-order valence-electron chi connectivity index (χ2n) is 6.76. The van der Waals surface area contributed by atoms with Gasteiger partial charge in [-0.15, -0.1) is 0 Å². The molecule has 1 aromatic carbocycles. The van der Waals surface area contributed by atoms with Crippen molar-refractivity contribution in [3.63, 3.8) is 0 Å². The molecule has 4 rings (SSSR count). The molecule has 1 aliphatic rings. The van der Waals surface area contributed by atoms with E-state index in [2.05, 4.69) is 16.7 Å². The van der Waals surface area contributed by atoms with Crippen molar-refractivity contribution in [1.82, 2.24) is 19.7 Å². The summed E-state index contributed by atoms with van der Waals surface area (Å²) < 4.78 is 29.0. The van der Waals surface area contributed by atoms with Crippen molar-refractivity contribution in [2.75, 3.05) is 13.1 Å². The maximum absolute atomic E-state index is 14.6. The molecule has 148 valence electrons. The second-order valence-corrected chi connectivity index (χ2v) is 6.76. The molecule has 7 nitrogen and oxygen atoms in total. The largest absolute Gasteiger partial charge is 0.392 e. The SMILES string of the molecule is C=C(F)C(=O)N1CC(c2nn(-c3ccc(C=O)cc3F)c3nccc(CO)c23)C1. The highest BCUT2D eigenvalue weighted by atomic mass is 19.1. The first-order chi connectivity index (χ1) is 13.9. The molecule has 3 heterocycles. The van der Waals surface area contributed by atoms with Crippen LogP contribution in [0.2, 0.25) is 0 Å². The van der Waals surface area contributed by atoms with E-state index in [9.17, 15) is 23.5 Å². The third kappa shape index (κ3) is 3.09. The summed E-state index contributed by atoms with van der Waals surface area (Å²) in [5, 5.41) is 14.8. The van der Waals surface area contributed by atoms with E-state index in [-0.39, 0.29) is 36.9 Å². The van der Waals surface area contributed by atoms with Crippen LogP contribution in [0.5, 0.6) is 0 Å². The third-order valence-electron chi connectivity index (χ3n) is 4.98. The van der Waals surface area contributed by atoms with Crippen LogP contribution in [-0.2, 0) is 11.4 Å². The molecule has 0 saturated carbocycles.